The van der Waals surface area contributed by atoms with Crippen LogP contribution in [0.5, 0.6) is 11.5 Å². The molecule has 1 N–H and O–H groups in total. The van der Waals surface area contributed by atoms with Crippen molar-refractivity contribution in [3.8, 4) is 11.5 Å². The van der Waals surface area contributed by atoms with Gasteiger partial charge in [-0.25, -0.2) is 0 Å². The highest BCUT2D eigenvalue weighted by molar-refractivity contribution is 5.95. The summed E-state index contributed by atoms with van der Waals surface area (Å²) in [6.45, 7) is 3.17. The lowest BCUT2D eigenvalue weighted by atomic mass is 10.1. The van der Waals surface area contributed by atoms with E-state index >= 15 is 0 Å². The molecule has 1 unspecified atom stereocenters. The van der Waals surface area contributed by atoms with E-state index in [1.54, 1.807) is 26.4 Å². The Morgan fingerprint density at radius 1 is 1.19 bits per heavy atom. The van der Waals surface area contributed by atoms with E-state index in [-0.39, 0.29) is 18.5 Å². The van der Waals surface area contributed by atoms with Crippen LogP contribution >= 0.6 is 0 Å². The molecule has 0 spiro atoms. The number of carboxylic acids is 1. The smallest absolute Gasteiger partial charge is 0.317 e. The van der Waals surface area contributed by atoms with E-state index in [2.05, 4.69) is 0 Å². The molecule has 0 aliphatic carbocycles. The number of methoxy groups -OCH3 is 2. The number of hydrogen-bond donors (Lipinski definition) is 1. The summed E-state index contributed by atoms with van der Waals surface area (Å²) in [7, 11) is 4.97. The number of rotatable bonds is 6. The first-order chi connectivity index (χ1) is 12.4. The summed E-state index contributed by atoms with van der Waals surface area (Å²) >= 11 is 0. The molecule has 1 saturated heterocycles. The molecular weight excluding hydrogens is 336 g/mol. The van der Waals surface area contributed by atoms with E-state index in [1.165, 1.54) is 0 Å². The molecule has 0 bridgehead atoms. The maximum Gasteiger partial charge on any atom is 0.317 e. The van der Waals surface area contributed by atoms with Crippen LogP contribution < -0.4 is 9.47 Å². The van der Waals surface area contributed by atoms with Gasteiger partial charge in [-0.15, -0.1) is 0 Å². The number of aliphatic carboxylic acids is 1. The van der Waals surface area contributed by atoms with Crippen molar-refractivity contribution in [2.75, 3.05) is 40.9 Å². The first kappa shape index (κ1) is 20.0. The maximum atomic E-state index is 13.0. The molecule has 26 heavy (non-hydrogen) atoms. The molecule has 1 atom stereocenters. The number of carboxylic acid groups (broad SMARTS) is 1. The summed E-state index contributed by atoms with van der Waals surface area (Å²) < 4.78 is 10.7. The Hall–Kier alpha value is -2.28. The summed E-state index contributed by atoms with van der Waals surface area (Å²) in [5.74, 6) is 0.370. The lowest BCUT2D eigenvalue weighted by Crippen LogP contribution is -2.37. The molecule has 1 aromatic carbocycles. The minimum absolute atomic E-state index is 0.0188. The third-order valence-corrected chi connectivity index (χ3v) is 4.99. The highest BCUT2D eigenvalue weighted by Gasteiger charge is 2.25. The zero-order valence-corrected chi connectivity index (χ0v) is 15.9. The average molecular weight is 364 g/mol. The predicted octanol–water partition coefficient (Wildman–Crippen LogP) is 2.02. The van der Waals surface area contributed by atoms with Gasteiger partial charge in [0.15, 0.2) is 0 Å². The lowest BCUT2D eigenvalue weighted by molar-refractivity contribution is -0.138. The standard InChI is InChI=1S/C19H28N2O5/c1-13-16(25-3)10-14(11-17(13)26-4)19(24)21-8-5-6-15(7-9-21)20(2)12-18(22)23/h10-11,15H,5-9,12H2,1-4H3,(H,22,23). The Balaban J connectivity index is 2.12. The van der Waals surface area contributed by atoms with Gasteiger partial charge < -0.3 is 19.5 Å². The molecule has 1 aromatic rings. The molecule has 144 valence electrons. The van der Waals surface area contributed by atoms with Gasteiger partial charge in [-0.3, -0.25) is 14.5 Å². The summed E-state index contributed by atoms with van der Waals surface area (Å²) in [4.78, 5) is 27.6. The van der Waals surface area contributed by atoms with Crippen LogP contribution in [-0.2, 0) is 4.79 Å². The van der Waals surface area contributed by atoms with Crippen molar-refractivity contribution >= 4 is 11.9 Å². The summed E-state index contributed by atoms with van der Waals surface area (Å²) in [6, 6.07) is 3.67. The van der Waals surface area contributed by atoms with Gasteiger partial charge in [0.2, 0.25) is 0 Å². The van der Waals surface area contributed by atoms with Crippen molar-refractivity contribution in [2.45, 2.75) is 32.2 Å². The van der Waals surface area contributed by atoms with Crippen LogP contribution in [0.15, 0.2) is 12.1 Å². The monoisotopic (exact) mass is 364 g/mol. The van der Waals surface area contributed by atoms with Crippen LogP contribution in [0.4, 0.5) is 0 Å². The first-order valence-corrected chi connectivity index (χ1v) is 8.81. The van der Waals surface area contributed by atoms with E-state index in [1.807, 2.05) is 23.8 Å². The Kier molecular flexibility index (Phi) is 6.85. The maximum absolute atomic E-state index is 13.0. The fourth-order valence-corrected chi connectivity index (χ4v) is 3.46. The van der Waals surface area contributed by atoms with Gasteiger partial charge in [0, 0.05) is 30.3 Å². The van der Waals surface area contributed by atoms with Crippen molar-refractivity contribution in [1.29, 1.82) is 0 Å². The highest BCUT2D eigenvalue weighted by atomic mass is 16.5. The van der Waals surface area contributed by atoms with Gasteiger partial charge in [-0.1, -0.05) is 0 Å². The molecule has 7 heteroatoms. The quantitative estimate of drug-likeness (QED) is 0.832. The first-order valence-electron chi connectivity index (χ1n) is 8.81. The average Bonchev–Trinajstić information content (AvgIpc) is 2.87. The van der Waals surface area contributed by atoms with Gasteiger partial charge >= 0.3 is 5.97 Å². The third-order valence-electron chi connectivity index (χ3n) is 4.99. The van der Waals surface area contributed by atoms with Crippen molar-refractivity contribution in [2.24, 2.45) is 0 Å². The molecule has 0 aromatic heterocycles. The van der Waals surface area contributed by atoms with Gasteiger partial charge in [0.1, 0.15) is 11.5 Å². The molecule has 1 amide bonds. The summed E-state index contributed by atoms with van der Waals surface area (Å²) in [6.07, 6.45) is 2.49. The third kappa shape index (κ3) is 4.66. The van der Waals surface area contributed by atoms with Crippen LogP contribution in [0, 0.1) is 6.92 Å². The zero-order valence-electron chi connectivity index (χ0n) is 15.9. The minimum atomic E-state index is -0.830. The Labute approximate surface area is 154 Å². The normalized spacial score (nSPS) is 17.7. The van der Waals surface area contributed by atoms with Crippen LogP contribution in [0.2, 0.25) is 0 Å². The molecule has 1 aliphatic rings. The van der Waals surface area contributed by atoms with E-state index in [9.17, 15) is 9.59 Å². The van der Waals surface area contributed by atoms with Gasteiger partial charge in [0.05, 0.1) is 20.8 Å². The minimum Gasteiger partial charge on any atom is -0.496 e. The largest absolute Gasteiger partial charge is 0.496 e. The van der Waals surface area contributed by atoms with Crippen LogP contribution in [0.1, 0.15) is 35.2 Å². The second kappa shape index (κ2) is 8.89. The van der Waals surface area contributed by atoms with Crippen LogP contribution in [0.3, 0.4) is 0 Å². The number of hydrogen-bond acceptors (Lipinski definition) is 5. The van der Waals surface area contributed by atoms with Crippen molar-refractivity contribution < 1.29 is 24.2 Å². The number of benzene rings is 1. The fourth-order valence-electron chi connectivity index (χ4n) is 3.46. The molecule has 0 saturated carbocycles. The number of ether oxygens (including phenoxy) is 2. The van der Waals surface area contributed by atoms with E-state index in [4.69, 9.17) is 14.6 Å². The Morgan fingerprint density at radius 3 is 2.35 bits per heavy atom. The topological polar surface area (TPSA) is 79.3 Å². The van der Waals surface area contributed by atoms with E-state index in [0.717, 1.165) is 24.8 Å². The molecule has 2 rings (SSSR count). The molecular formula is C19H28N2O5. The summed E-state index contributed by atoms with van der Waals surface area (Å²) in [5.41, 5.74) is 1.40. The zero-order chi connectivity index (χ0) is 19.3. The highest BCUT2D eigenvalue weighted by Crippen LogP contribution is 2.30. The second-order valence-corrected chi connectivity index (χ2v) is 6.69. The number of carbonyl (C=O) groups is 2. The van der Waals surface area contributed by atoms with Crippen molar-refractivity contribution in [3.05, 3.63) is 23.3 Å². The Bertz CT molecular complexity index is 636. The number of carbonyl (C=O) groups excluding carboxylic acids is 1. The number of nitrogens with zero attached hydrogens (tertiary/aromatic N) is 2. The van der Waals surface area contributed by atoms with Crippen molar-refractivity contribution in [3.63, 3.8) is 0 Å². The number of likely N-dealkylation sites (N-methyl/N-ethyl adjacent to an activating group) is 1. The van der Waals surface area contributed by atoms with Crippen LogP contribution in [-0.4, -0.2) is 73.7 Å². The molecule has 1 heterocycles. The molecule has 1 aliphatic heterocycles. The van der Waals surface area contributed by atoms with Crippen molar-refractivity contribution in [1.82, 2.24) is 9.80 Å². The Morgan fingerprint density at radius 2 is 1.81 bits per heavy atom. The fraction of sp³-hybridized carbons (Fsp3) is 0.579. The molecule has 0 radical (unpaired) electrons. The van der Waals surface area contributed by atoms with E-state index in [0.29, 0.717) is 30.2 Å². The number of amides is 1. The predicted molar refractivity (Wildman–Crippen MR) is 98.1 cm³/mol. The second-order valence-electron chi connectivity index (χ2n) is 6.69. The summed E-state index contributed by atoms with van der Waals surface area (Å²) in [5, 5.41) is 8.96. The SMILES string of the molecule is COc1cc(C(=O)N2CCCC(N(C)CC(=O)O)CC2)cc(OC)c1C. The van der Waals surface area contributed by atoms with Gasteiger partial charge in [-0.05, 0) is 45.4 Å². The van der Waals surface area contributed by atoms with Gasteiger partial charge in [-0.2, -0.15) is 0 Å². The van der Waals surface area contributed by atoms with Gasteiger partial charge in [0.25, 0.3) is 5.91 Å². The lowest BCUT2D eigenvalue weighted by Gasteiger charge is -2.25. The molecule has 7 nitrogen and oxygen atoms in total. The van der Waals surface area contributed by atoms with Crippen LogP contribution in [0.25, 0.3) is 0 Å². The van der Waals surface area contributed by atoms with E-state index < -0.39 is 5.97 Å². The molecule has 1 fully saturated rings. The number of likely N-dealkylation sites (tertiary alicyclic amines) is 1.